The van der Waals surface area contributed by atoms with Crippen LogP contribution >= 0.6 is 0 Å². The van der Waals surface area contributed by atoms with Gasteiger partial charge < -0.3 is 16.0 Å². The number of rotatable bonds is 3. The summed E-state index contributed by atoms with van der Waals surface area (Å²) in [4.78, 5) is 6.15. The molecule has 0 aliphatic rings. The molecule has 1 aromatic carbocycles. The third-order valence-corrected chi connectivity index (χ3v) is 2.74. The molecule has 18 heavy (non-hydrogen) atoms. The molecule has 2 rings (SSSR count). The molecule has 0 atom stereocenters. The molecular formula is C14H18N4. The second kappa shape index (κ2) is 4.96. The number of anilines is 4. The maximum absolute atomic E-state index is 5.70. The molecule has 0 fully saturated rings. The van der Waals surface area contributed by atoms with Crippen LogP contribution < -0.4 is 16.0 Å². The summed E-state index contributed by atoms with van der Waals surface area (Å²) in [5.74, 6) is 0. The lowest BCUT2D eigenvalue weighted by atomic mass is 10.1. The molecule has 0 aliphatic heterocycles. The van der Waals surface area contributed by atoms with Gasteiger partial charge in [0.25, 0.3) is 0 Å². The molecule has 3 N–H and O–H groups in total. The Morgan fingerprint density at radius 3 is 2.56 bits per heavy atom. The number of pyridine rings is 1. The van der Waals surface area contributed by atoms with Crippen molar-refractivity contribution >= 4 is 22.7 Å². The fourth-order valence-electron chi connectivity index (χ4n) is 1.86. The highest BCUT2D eigenvalue weighted by atomic mass is 15.1. The van der Waals surface area contributed by atoms with E-state index in [0.29, 0.717) is 5.69 Å². The molecule has 1 aromatic heterocycles. The molecule has 2 aromatic rings. The van der Waals surface area contributed by atoms with Crippen LogP contribution in [0.2, 0.25) is 0 Å². The van der Waals surface area contributed by atoms with Crippen LogP contribution in [0.3, 0.4) is 0 Å². The molecule has 0 amide bonds. The van der Waals surface area contributed by atoms with Crippen molar-refractivity contribution in [2.24, 2.45) is 0 Å². The van der Waals surface area contributed by atoms with Crippen LogP contribution in [-0.2, 0) is 0 Å². The molecule has 0 radical (unpaired) electrons. The van der Waals surface area contributed by atoms with Gasteiger partial charge in [0, 0.05) is 31.7 Å². The van der Waals surface area contributed by atoms with E-state index in [1.54, 1.807) is 12.4 Å². The minimum absolute atomic E-state index is 0.653. The van der Waals surface area contributed by atoms with E-state index in [2.05, 4.69) is 34.3 Å². The Kier molecular flexibility index (Phi) is 3.37. The van der Waals surface area contributed by atoms with Gasteiger partial charge in [-0.05, 0) is 30.7 Å². The van der Waals surface area contributed by atoms with Crippen LogP contribution in [0.4, 0.5) is 22.7 Å². The number of aryl methyl sites for hydroxylation is 1. The highest BCUT2D eigenvalue weighted by Gasteiger charge is 2.03. The zero-order chi connectivity index (χ0) is 13.1. The first kappa shape index (κ1) is 12.2. The van der Waals surface area contributed by atoms with Gasteiger partial charge in [-0.3, -0.25) is 4.98 Å². The van der Waals surface area contributed by atoms with E-state index in [1.165, 1.54) is 11.3 Å². The third-order valence-electron chi connectivity index (χ3n) is 2.74. The lowest BCUT2D eigenvalue weighted by Gasteiger charge is -2.17. The summed E-state index contributed by atoms with van der Waals surface area (Å²) in [6.07, 6.45) is 3.39. The zero-order valence-electron chi connectivity index (χ0n) is 10.9. The van der Waals surface area contributed by atoms with Gasteiger partial charge in [0.05, 0.1) is 17.6 Å². The van der Waals surface area contributed by atoms with Gasteiger partial charge in [-0.1, -0.05) is 6.07 Å². The lowest BCUT2D eigenvalue weighted by Crippen LogP contribution is -2.10. The maximum atomic E-state index is 5.70. The summed E-state index contributed by atoms with van der Waals surface area (Å²) in [6.45, 7) is 2.10. The first-order valence-corrected chi connectivity index (χ1v) is 5.82. The molecule has 0 saturated carbocycles. The zero-order valence-corrected chi connectivity index (χ0v) is 10.9. The molecule has 0 saturated heterocycles. The van der Waals surface area contributed by atoms with Crippen molar-refractivity contribution in [1.82, 2.24) is 4.98 Å². The average molecular weight is 242 g/mol. The summed E-state index contributed by atoms with van der Waals surface area (Å²) in [5.41, 5.74) is 10.7. The Hall–Kier alpha value is -2.23. The standard InChI is InChI=1S/C14H18N4/c1-10-4-5-12(7-14(10)18(2)3)17-13-6-11(15)8-16-9-13/h4-9,17H,15H2,1-3H3. The minimum atomic E-state index is 0.653. The number of nitrogens with zero attached hydrogens (tertiary/aromatic N) is 2. The molecule has 0 unspecified atom stereocenters. The predicted molar refractivity (Wildman–Crippen MR) is 77.4 cm³/mol. The molecule has 4 heteroatoms. The first-order valence-electron chi connectivity index (χ1n) is 5.82. The molecule has 0 aliphatic carbocycles. The number of aromatic nitrogens is 1. The molecular weight excluding hydrogens is 224 g/mol. The monoisotopic (exact) mass is 242 g/mol. The van der Waals surface area contributed by atoms with Gasteiger partial charge in [-0.25, -0.2) is 0 Å². The number of nitrogens with two attached hydrogens (primary N) is 1. The van der Waals surface area contributed by atoms with Gasteiger partial charge in [-0.2, -0.15) is 0 Å². The van der Waals surface area contributed by atoms with Crippen molar-refractivity contribution < 1.29 is 0 Å². The predicted octanol–water partition coefficient (Wildman–Crippen LogP) is 2.78. The number of benzene rings is 1. The summed E-state index contributed by atoms with van der Waals surface area (Å²) >= 11 is 0. The van der Waals surface area contributed by atoms with Crippen molar-refractivity contribution in [3.63, 3.8) is 0 Å². The lowest BCUT2D eigenvalue weighted by molar-refractivity contribution is 1.11. The normalized spacial score (nSPS) is 10.2. The van der Waals surface area contributed by atoms with Gasteiger partial charge in [-0.15, -0.1) is 0 Å². The number of hydrogen-bond acceptors (Lipinski definition) is 4. The Labute approximate surface area is 107 Å². The summed E-state index contributed by atoms with van der Waals surface area (Å²) < 4.78 is 0. The molecule has 94 valence electrons. The van der Waals surface area contributed by atoms with Crippen LogP contribution in [0.15, 0.2) is 36.7 Å². The Balaban J connectivity index is 2.27. The minimum Gasteiger partial charge on any atom is -0.397 e. The van der Waals surface area contributed by atoms with Crippen molar-refractivity contribution in [1.29, 1.82) is 0 Å². The smallest absolute Gasteiger partial charge is 0.0591 e. The van der Waals surface area contributed by atoms with E-state index in [4.69, 9.17) is 5.73 Å². The van der Waals surface area contributed by atoms with Gasteiger partial charge in [0.1, 0.15) is 0 Å². The van der Waals surface area contributed by atoms with Crippen molar-refractivity contribution in [2.75, 3.05) is 30.0 Å². The van der Waals surface area contributed by atoms with Crippen LogP contribution in [0, 0.1) is 6.92 Å². The average Bonchev–Trinajstić information content (AvgIpc) is 2.31. The maximum Gasteiger partial charge on any atom is 0.0591 e. The number of nitrogens with one attached hydrogen (secondary N) is 1. The van der Waals surface area contributed by atoms with Crippen LogP contribution in [0.5, 0.6) is 0 Å². The highest BCUT2D eigenvalue weighted by Crippen LogP contribution is 2.25. The highest BCUT2D eigenvalue weighted by molar-refractivity contribution is 5.68. The van der Waals surface area contributed by atoms with Gasteiger partial charge in [0.2, 0.25) is 0 Å². The van der Waals surface area contributed by atoms with E-state index in [0.717, 1.165) is 11.4 Å². The molecule has 4 nitrogen and oxygen atoms in total. The topological polar surface area (TPSA) is 54.2 Å². The van der Waals surface area contributed by atoms with Crippen molar-refractivity contribution in [3.8, 4) is 0 Å². The van der Waals surface area contributed by atoms with E-state index >= 15 is 0 Å². The Morgan fingerprint density at radius 1 is 1.11 bits per heavy atom. The van der Waals surface area contributed by atoms with E-state index in [9.17, 15) is 0 Å². The SMILES string of the molecule is Cc1ccc(Nc2cncc(N)c2)cc1N(C)C. The number of nitrogen functional groups attached to an aromatic ring is 1. The van der Waals surface area contributed by atoms with E-state index in [1.807, 2.05) is 26.2 Å². The largest absolute Gasteiger partial charge is 0.397 e. The fourth-order valence-corrected chi connectivity index (χ4v) is 1.86. The van der Waals surface area contributed by atoms with Gasteiger partial charge in [0.15, 0.2) is 0 Å². The summed E-state index contributed by atoms with van der Waals surface area (Å²) in [6, 6.07) is 8.11. The van der Waals surface area contributed by atoms with Crippen molar-refractivity contribution in [2.45, 2.75) is 6.92 Å². The second-order valence-corrected chi connectivity index (χ2v) is 4.53. The number of hydrogen-bond donors (Lipinski definition) is 2. The first-order chi connectivity index (χ1) is 8.56. The molecule has 1 heterocycles. The van der Waals surface area contributed by atoms with Crippen LogP contribution in [0.1, 0.15) is 5.56 Å². The summed E-state index contributed by atoms with van der Waals surface area (Å²) in [7, 11) is 4.07. The van der Waals surface area contributed by atoms with Gasteiger partial charge >= 0.3 is 0 Å². The Bertz CT molecular complexity index is 549. The fraction of sp³-hybridized carbons (Fsp3) is 0.214. The Morgan fingerprint density at radius 2 is 1.89 bits per heavy atom. The molecule has 0 spiro atoms. The van der Waals surface area contributed by atoms with E-state index < -0.39 is 0 Å². The van der Waals surface area contributed by atoms with Crippen LogP contribution in [-0.4, -0.2) is 19.1 Å². The van der Waals surface area contributed by atoms with Crippen molar-refractivity contribution in [3.05, 3.63) is 42.2 Å². The summed E-state index contributed by atoms with van der Waals surface area (Å²) in [5, 5.41) is 3.30. The second-order valence-electron chi connectivity index (χ2n) is 4.53. The quantitative estimate of drug-likeness (QED) is 0.869. The van der Waals surface area contributed by atoms with Crippen LogP contribution in [0.25, 0.3) is 0 Å². The van der Waals surface area contributed by atoms with E-state index in [-0.39, 0.29) is 0 Å². The third kappa shape index (κ3) is 2.71. The molecule has 0 bridgehead atoms.